The normalized spacial score (nSPS) is 10.6. The van der Waals surface area contributed by atoms with E-state index < -0.39 is 0 Å². The molecule has 0 spiro atoms. The summed E-state index contributed by atoms with van der Waals surface area (Å²) in [6, 6.07) is 6.65. The van der Waals surface area contributed by atoms with Crippen molar-refractivity contribution in [2.75, 3.05) is 13.6 Å². The molecule has 0 aliphatic carbocycles. The SMILES string of the molecule is CNCCc1ncsc1-c1cccc(F)c1. The van der Waals surface area contributed by atoms with E-state index >= 15 is 0 Å². The van der Waals surface area contributed by atoms with Gasteiger partial charge in [-0.2, -0.15) is 0 Å². The van der Waals surface area contributed by atoms with E-state index in [1.54, 1.807) is 23.5 Å². The number of rotatable bonds is 4. The van der Waals surface area contributed by atoms with Gasteiger partial charge in [-0.3, -0.25) is 0 Å². The zero-order valence-corrected chi connectivity index (χ0v) is 9.85. The minimum atomic E-state index is -0.203. The van der Waals surface area contributed by atoms with Crippen LogP contribution in [0.3, 0.4) is 0 Å². The third-order valence-corrected chi connectivity index (χ3v) is 3.26. The van der Waals surface area contributed by atoms with Crippen LogP contribution in [-0.2, 0) is 6.42 Å². The van der Waals surface area contributed by atoms with Crippen molar-refractivity contribution < 1.29 is 4.39 Å². The Hall–Kier alpha value is -1.26. The van der Waals surface area contributed by atoms with Crippen LogP contribution in [0.4, 0.5) is 4.39 Å². The van der Waals surface area contributed by atoms with Gasteiger partial charge in [-0.05, 0) is 24.7 Å². The van der Waals surface area contributed by atoms with E-state index in [1.807, 2.05) is 18.6 Å². The lowest BCUT2D eigenvalue weighted by Gasteiger charge is -2.02. The fourth-order valence-electron chi connectivity index (χ4n) is 1.56. The molecule has 1 aromatic carbocycles. The lowest BCUT2D eigenvalue weighted by Crippen LogP contribution is -2.10. The maximum atomic E-state index is 13.1. The van der Waals surface area contributed by atoms with Gasteiger partial charge in [0.25, 0.3) is 0 Å². The summed E-state index contributed by atoms with van der Waals surface area (Å²) in [5, 5.41) is 3.09. The smallest absolute Gasteiger partial charge is 0.123 e. The van der Waals surface area contributed by atoms with E-state index in [0.29, 0.717) is 0 Å². The number of nitrogens with one attached hydrogen (secondary N) is 1. The van der Waals surface area contributed by atoms with E-state index in [0.717, 1.165) is 29.1 Å². The van der Waals surface area contributed by atoms with Crippen molar-refractivity contribution in [3.63, 3.8) is 0 Å². The van der Waals surface area contributed by atoms with Gasteiger partial charge < -0.3 is 5.32 Å². The molecule has 2 aromatic rings. The monoisotopic (exact) mass is 236 g/mol. The van der Waals surface area contributed by atoms with Gasteiger partial charge in [0.05, 0.1) is 16.1 Å². The Balaban J connectivity index is 2.29. The van der Waals surface area contributed by atoms with Crippen LogP contribution < -0.4 is 5.32 Å². The van der Waals surface area contributed by atoms with Crippen LogP contribution in [0.25, 0.3) is 10.4 Å². The third-order valence-electron chi connectivity index (χ3n) is 2.34. The Labute approximate surface area is 98.2 Å². The lowest BCUT2D eigenvalue weighted by atomic mass is 10.1. The van der Waals surface area contributed by atoms with Gasteiger partial charge in [0.1, 0.15) is 5.82 Å². The molecule has 0 saturated heterocycles. The number of likely N-dealkylation sites (N-methyl/N-ethyl adjacent to an activating group) is 1. The molecule has 1 aromatic heterocycles. The van der Waals surface area contributed by atoms with Gasteiger partial charge >= 0.3 is 0 Å². The maximum Gasteiger partial charge on any atom is 0.123 e. The number of aromatic nitrogens is 1. The van der Waals surface area contributed by atoms with Crippen molar-refractivity contribution in [2.45, 2.75) is 6.42 Å². The molecule has 2 rings (SSSR count). The van der Waals surface area contributed by atoms with Crippen LogP contribution in [0.1, 0.15) is 5.69 Å². The predicted octanol–water partition coefficient (Wildman–Crippen LogP) is 2.71. The summed E-state index contributed by atoms with van der Waals surface area (Å²) >= 11 is 1.56. The Morgan fingerprint density at radius 2 is 2.31 bits per heavy atom. The van der Waals surface area contributed by atoms with E-state index in [-0.39, 0.29) is 5.82 Å². The highest BCUT2D eigenvalue weighted by Crippen LogP contribution is 2.28. The molecule has 16 heavy (non-hydrogen) atoms. The number of halogens is 1. The van der Waals surface area contributed by atoms with Gasteiger partial charge in [0, 0.05) is 13.0 Å². The molecular weight excluding hydrogens is 223 g/mol. The second-order valence-electron chi connectivity index (χ2n) is 3.49. The molecule has 0 aliphatic rings. The topological polar surface area (TPSA) is 24.9 Å². The van der Waals surface area contributed by atoms with Crippen LogP contribution in [0.5, 0.6) is 0 Å². The molecule has 0 radical (unpaired) electrons. The van der Waals surface area contributed by atoms with Gasteiger partial charge in [0.2, 0.25) is 0 Å². The summed E-state index contributed by atoms with van der Waals surface area (Å²) in [7, 11) is 1.91. The van der Waals surface area contributed by atoms with Crippen molar-refractivity contribution in [3.8, 4) is 10.4 Å². The molecule has 0 atom stereocenters. The minimum Gasteiger partial charge on any atom is -0.319 e. The summed E-state index contributed by atoms with van der Waals surface area (Å²) in [6.07, 6.45) is 0.867. The first-order chi connectivity index (χ1) is 7.81. The van der Waals surface area contributed by atoms with E-state index in [2.05, 4.69) is 10.3 Å². The fourth-order valence-corrected chi connectivity index (χ4v) is 2.39. The van der Waals surface area contributed by atoms with Crippen molar-refractivity contribution in [1.82, 2.24) is 10.3 Å². The van der Waals surface area contributed by atoms with Crippen LogP contribution in [-0.4, -0.2) is 18.6 Å². The molecule has 0 saturated carbocycles. The fraction of sp³-hybridized carbons (Fsp3) is 0.250. The molecule has 1 heterocycles. The predicted molar refractivity (Wildman–Crippen MR) is 65.1 cm³/mol. The first kappa shape index (κ1) is 11.2. The second kappa shape index (κ2) is 5.18. The van der Waals surface area contributed by atoms with Gasteiger partial charge in [-0.25, -0.2) is 9.37 Å². The number of nitrogens with zero attached hydrogens (tertiary/aromatic N) is 1. The van der Waals surface area contributed by atoms with Crippen LogP contribution in [0.15, 0.2) is 29.8 Å². The first-order valence-corrected chi connectivity index (χ1v) is 6.02. The first-order valence-electron chi connectivity index (χ1n) is 5.14. The minimum absolute atomic E-state index is 0.203. The Morgan fingerprint density at radius 1 is 1.44 bits per heavy atom. The molecule has 0 fully saturated rings. The highest BCUT2D eigenvalue weighted by atomic mass is 32.1. The average molecular weight is 236 g/mol. The van der Waals surface area contributed by atoms with Crippen LogP contribution in [0.2, 0.25) is 0 Å². The molecule has 4 heteroatoms. The number of hydrogen-bond acceptors (Lipinski definition) is 3. The Kier molecular flexibility index (Phi) is 3.64. The molecule has 84 valence electrons. The quantitative estimate of drug-likeness (QED) is 0.883. The van der Waals surface area contributed by atoms with Crippen molar-refractivity contribution in [1.29, 1.82) is 0 Å². The zero-order valence-electron chi connectivity index (χ0n) is 9.03. The van der Waals surface area contributed by atoms with E-state index in [4.69, 9.17) is 0 Å². The summed E-state index contributed by atoms with van der Waals surface area (Å²) in [5.41, 5.74) is 3.75. The second-order valence-corrected chi connectivity index (χ2v) is 4.35. The number of hydrogen-bond donors (Lipinski definition) is 1. The molecule has 0 amide bonds. The molecular formula is C12H13FN2S. The van der Waals surface area contributed by atoms with Crippen molar-refractivity contribution in [3.05, 3.63) is 41.3 Å². The van der Waals surface area contributed by atoms with Crippen LogP contribution >= 0.6 is 11.3 Å². The van der Waals surface area contributed by atoms with Crippen molar-refractivity contribution in [2.24, 2.45) is 0 Å². The van der Waals surface area contributed by atoms with Gasteiger partial charge in [-0.15, -0.1) is 11.3 Å². The third kappa shape index (κ3) is 2.46. The highest BCUT2D eigenvalue weighted by Gasteiger charge is 2.08. The molecule has 0 unspecified atom stereocenters. The number of benzene rings is 1. The molecule has 2 nitrogen and oxygen atoms in total. The summed E-state index contributed by atoms with van der Waals surface area (Å²) in [6.45, 7) is 0.881. The largest absolute Gasteiger partial charge is 0.319 e. The van der Waals surface area contributed by atoms with Gasteiger partial charge in [-0.1, -0.05) is 12.1 Å². The maximum absolute atomic E-state index is 13.1. The Bertz CT molecular complexity index is 468. The molecule has 0 bridgehead atoms. The zero-order chi connectivity index (χ0) is 11.4. The number of thiazole rings is 1. The summed E-state index contributed by atoms with van der Waals surface area (Å²) < 4.78 is 13.1. The van der Waals surface area contributed by atoms with Gasteiger partial charge in [0.15, 0.2) is 0 Å². The highest BCUT2D eigenvalue weighted by molar-refractivity contribution is 7.13. The van der Waals surface area contributed by atoms with E-state index in [9.17, 15) is 4.39 Å². The lowest BCUT2D eigenvalue weighted by molar-refractivity contribution is 0.628. The molecule has 1 N–H and O–H groups in total. The van der Waals surface area contributed by atoms with E-state index in [1.165, 1.54) is 6.07 Å². The van der Waals surface area contributed by atoms with Crippen molar-refractivity contribution >= 4 is 11.3 Å². The summed E-state index contributed by atoms with van der Waals surface area (Å²) in [4.78, 5) is 5.38. The summed E-state index contributed by atoms with van der Waals surface area (Å²) in [5.74, 6) is -0.203. The van der Waals surface area contributed by atoms with Crippen LogP contribution in [0, 0.1) is 5.82 Å². The standard InChI is InChI=1S/C12H13FN2S/c1-14-6-5-11-12(16-8-15-11)9-3-2-4-10(13)7-9/h2-4,7-8,14H,5-6H2,1H3. The molecule has 0 aliphatic heterocycles. The average Bonchev–Trinajstić information content (AvgIpc) is 2.74. The Morgan fingerprint density at radius 3 is 3.06 bits per heavy atom.